The van der Waals surface area contributed by atoms with E-state index in [9.17, 15) is 14.4 Å². The number of aliphatic carboxylic acids is 2. The first-order valence-corrected chi connectivity index (χ1v) is 7.44. The lowest BCUT2D eigenvalue weighted by atomic mass is 10.1. The van der Waals surface area contributed by atoms with E-state index in [0.29, 0.717) is 39.5 Å². The molecule has 0 fully saturated rings. The molecule has 0 spiro atoms. The molecule has 0 aromatic heterocycles. The van der Waals surface area contributed by atoms with Crippen LogP contribution in [0.15, 0.2) is 11.1 Å². The molecule has 0 saturated heterocycles. The topological polar surface area (TPSA) is 113 Å². The molecule has 0 aromatic rings. The van der Waals surface area contributed by atoms with Crippen LogP contribution in [0.1, 0.15) is 27.2 Å². The minimum absolute atomic E-state index is 0.290. The number of carboxylic acids is 2. The molecular formula is C15H25NO7. The molecule has 0 bridgehead atoms. The second-order valence-corrected chi connectivity index (χ2v) is 4.67. The van der Waals surface area contributed by atoms with E-state index in [2.05, 4.69) is 0 Å². The first kappa shape index (κ1) is 21.1. The maximum absolute atomic E-state index is 12.3. The molecule has 0 unspecified atom stereocenters. The van der Waals surface area contributed by atoms with E-state index >= 15 is 0 Å². The van der Waals surface area contributed by atoms with Crippen LogP contribution in [0, 0.1) is 0 Å². The summed E-state index contributed by atoms with van der Waals surface area (Å²) >= 11 is 0. The van der Waals surface area contributed by atoms with Crippen LogP contribution < -0.4 is 0 Å². The summed E-state index contributed by atoms with van der Waals surface area (Å²) in [7, 11) is 0. The fraction of sp³-hybridized carbons (Fsp3) is 0.667. The van der Waals surface area contributed by atoms with E-state index in [4.69, 9.17) is 19.7 Å². The molecule has 0 radical (unpaired) electrons. The lowest BCUT2D eigenvalue weighted by Crippen LogP contribution is -2.37. The molecule has 8 nitrogen and oxygen atoms in total. The number of carbonyl (C=O) groups excluding carboxylic acids is 1. The van der Waals surface area contributed by atoms with Gasteiger partial charge in [-0.25, -0.2) is 9.59 Å². The van der Waals surface area contributed by atoms with E-state index in [-0.39, 0.29) is 5.57 Å². The lowest BCUT2D eigenvalue weighted by Gasteiger charge is -2.23. The highest BCUT2D eigenvalue weighted by Crippen LogP contribution is 2.12. The molecule has 0 rings (SSSR count). The van der Waals surface area contributed by atoms with Crippen LogP contribution in [0.3, 0.4) is 0 Å². The SMILES string of the molecule is CCOCCN(CCOCC)C(=O)C/C(C(=O)O)=C(/C)C(=O)O. The molecule has 2 N–H and O–H groups in total. The van der Waals surface area contributed by atoms with Crippen LogP contribution in [0.25, 0.3) is 0 Å². The monoisotopic (exact) mass is 331 g/mol. The Balaban J connectivity index is 4.99. The van der Waals surface area contributed by atoms with E-state index in [1.165, 1.54) is 11.8 Å². The Hall–Kier alpha value is -1.93. The van der Waals surface area contributed by atoms with Gasteiger partial charge in [-0.05, 0) is 20.8 Å². The van der Waals surface area contributed by atoms with Crippen molar-refractivity contribution in [2.45, 2.75) is 27.2 Å². The van der Waals surface area contributed by atoms with Gasteiger partial charge in [-0.2, -0.15) is 0 Å². The number of rotatable bonds is 12. The maximum atomic E-state index is 12.3. The standard InChI is InChI=1S/C15H25NO7/c1-4-22-8-6-16(7-9-23-5-2)13(17)10-12(15(20)21)11(3)14(18)19/h4-10H2,1-3H3,(H,18,19)(H,20,21)/b12-11+. The van der Waals surface area contributed by atoms with Crippen LogP contribution in [0.2, 0.25) is 0 Å². The molecule has 0 aliphatic rings. The summed E-state index contributed by atoms with van der Waals surface area (Å²) in [5, 5.41) is 18.0. The zero-order chi connectivity index (χ0) is 17.8. The Morgan fingerprint density at radius 3 is 1.74 bits per heavy atom. The average Bonchev–Trinajstić information content (AvgIpc) is 2.50. The van der Waals surface area contributed by atoms with Crippen molar-refractivity contribution in [3.63, 3.8) is 0 Å². The molecule has 8 heteroatoms. The van der Waals surface area contributed by atoms with E-state index in [1.807, 2.05) is 13.8 Å². The highest BCUT2D eigenvalue weighted by molar-refractivity contribution is 6.02. The highest BCUT2D eigenvalue weighted by atomic mass is 16.5. The molecule has 23 heavy (non-hydrogen) atoms. The minimum Gasteiger partial charge on any atom is -0.478 e. The number of hydrogen-bond acceptors (Lipinski definition) is 5. The van der Waals surface area contributed by atoms with Crippen molar-refractivity contribution in [3.05, 3.63) is 11.1 Å². The number of nitrogens with zero attached hydrogens (tertiary/aromatic N) is 1. The Morgan fingerprint density at radius 2 is 1.39 bits per heavy atom. The van der Waals surface area contributed by atoms with Gasteiger partial charge in [-0.1, -0.05) is 0 Å². The second kappa shape index (κ2) is 11.6. The fourth-order valence-corrected chi connectivity index (χ4v) is 1.76. The van der Waals surface area contributed by atoms with E-state index < -0.39 is 29.8 Å². The fourth-order valence-electron chi connectivity index (χ4n) is 1.76. The number of carboxylic acid groups (broad SMARTS) is 2. The van der Waals surface area contributed by atoms with Crippen molar-refractivity contribution in [3.8, 4) is 0 Å². The van der Waals surface area contributed by atoms with Gasteiger partial charge in [-0.3, -0.25) is 4.79 Å². The minimum atomic E-state index is -1.41. The third-order valence-corrected chi connectivity index (χ3v) is 3.13. The summed E-state index contributed by atoms with van der Waals surface area (Å²) in [5.74, 6) is -3.24. The van der Waals surface area contributed by atoms with Gasteiger partial charge in [0.15, 0.2) is 0 Å². The largest absolute Gasteiger partial charge is 0.478 e. The molecule has 0 aliphatic heterocycles. The predicted molar refractivity (Wildman–Crippen MR) is 82.2 cm³/mol. The quantitative estimate of drug-likeness (QED) is 0.401. The van der Waals surface area contributed by atoms with Crippen molar-refractivity contribution in [2.75, 3.05) is 39.5 Å². The molecule has 0 aromatic carbocycles. The summed E-state index contributed by atoms with van der Waals surface area (Å²) in [6.45, 7) is 7.05. The van der Waals surface area contributed by atoms with Gasteiger partial charge in [0.25, 0.3) is 0 Å². The molecule has 0 heterocycles. The molecule has 0 saturated carbocycles. The van der Waals surface area contributed by atoms with Crippen molar-refractivity contribution in [1.82, 2.24) is 4.90 Å². The summed E-state index contributed by atoms with van der Waals surface area (Å²) in [4.78, 5) is 35.8. The molecule has 1 amide bonds. The Morgan fingerprint density at radius 1 is 0.913 bits per heavy atom. The van der Waals surface area contributed by atoms with Crippen LogP contribution in [-0.2, 0) is 23.9 Å². The van der Waals surface area contributed by atoms with Crippen molar-refractivity contribution >= 4 is 17.8 Å². The Labute approximate surface area is 135 Å². The first-order valence-electron chi connectivity index (χ1n) is 7.44. The normalized spacial score (nSPS) is 11.8. The van der Waals surface area contributed by atoms with Gasteiger partial charge >= 0.3 is 11.9 Å². The maximum Gasteiger partial charge on any atom is 0.332 e. The van der Waals surface area contributed by atoms with Gasteiger partial charge in [0, 0.05) is 31.9 Å². The van der Waals surface area contributed by atoms with Crippen molar-refractivity contribution in [1.29, 1.82) is 0 Å². The highest BCUT2D eigenvalue weighted by Gasteiger charge is 2.22. The molecule has 0 atom stereocenters. The predicted octanol–water partition coefficient (Wildman–Crippen LogP) is 0.764. The third kappa shape index (κ3) is 8.32. The molecule has 0 aliphatic carbocycles. The van der Waals surface area contributed by atoms with E-state index in [1.54, 1.807) is 0 Å². The van der Waals surface area contributed by atoms with Gasteiger partial charge in [-0.15, -0.1) is 0 Å². The summed E-state index contributed by atoms with van der Waals surface area (Å²) < 4.78 is 10.4. The van der Waals surface area contributed by atoms with Gasteiger partial charge in [0.05, 0.1) is 25.2 Å². The zero-order valence-corrected chi connectivity index (χ0v) is 13.8. The Bertz CT molecular complexity index is 435. The average molecular weight is 331 g/mol. The summed E-state index contributed by atoms with van der Waals surface area (Å²) in [6, 6.07) is 0. The van der Waals surface area contributed by atoms with E-state index in [0.717, 1.165) is 0 Å². The zero-order valence-electron chi connectivity index (χ0n) is 13.8. The lowest BCUT2D eigenvalue weighted by molar-refractivity contribution is -0.138. The van der Waals surface area contributed by atoms with Gasteiger partial charge < -0.3 is 24.6 Å². The molecule has 132 valence electrons. The van der Waals surface area contributed by atoms with Gasteiger partial charge in [0.2, 0.25) is 5.91 Å². The number of hydrogen-bond donors (Lipinski definition) is 2. The van der Waals surface area contributed by atoms with Crippen molar-refractivity contribution in [2.24, 2.45) is 0 Å². The smallest absolute Gasteiger partial charge is 0.332 e. The number of carbonyl (C=O) groups is 3. The van der Waals surface area contributed by atoms with Crippen LogP contribution >= 0.6 is 0 Å². The molecular weight excluding hydrogens is 306 g/mol. The summed E-state index contributed by atoms with van der Waals surface area (Å²) in [6.07, 6.45) is -0.480. The van der Waals surface area contributed by atoms with Crippen LogP contribution in [0.5, 0.6) is 0 Å². The third-order valence-electron chi connectivity index (χ3n) is 3.13. The number of ether oxygens (including phenoxy) is 2. The van der Waals surface area contributed by atoms with Crippen molar-refractivity contribution < 1.29 is 34.1 Å². The van der Waals surface area contributed by atoms with Crippen LogP contribution in [-0.4, -0.2) is 72.5 Å². The van der Waals surface area contributed by atoms with Gasteiger partial charge in [0.1, 0.15) is 0 Å². The number of amides is 1. The summed E-state index contributed by atoms with van der Waals surface area (Å²) in [5.41, 5.74) is -0.763. The second-order valence-electron chi connectivity index (χ2n) is 4.67. The van der Waals surface area contributed by atoms with Crippen LogP contribution in [0.4, 0.5) is 0 Å². The Kier molecular flexibility index (Phi) is 10.6. The first-order chi connectivity index (χ1) is 10.8.